The second-order valence-corrected chi connectivity index (χ2v) is 4.76. The number of amides is 3. The van der Waals surface area contributed by atoms with Crippen molar-refractivity contribution in [3.05, 3.63) is 54.6 Å². The quantitative estimate of drug-likeness (QED) is 0.913. The minimum Gasteiger partial charge on any atom is -0.447 e. The fourth-order valence-electron chi connectivity index (χ4n) is 2.19. The van der Waals surface area contributed by atoms with E-state index in [0.717, 1.165) is 0 Å². The van der Waals surface area contributed by atoms with Crippen LogP contribution in [0.2, 0.25) is 0 Å². The summed E-state index contributed by atoms with van der Waals surface area (Å²) in [4.78, 5) is 25.0. The van der Waals surface area contributed by atoms with E-state index in [1.807, 2.05) is 18.2 Å². The van der Waals surface area contributed by atoms with E-state index in [2.05, 4.69) is 10.6 Å². The number of nitrogens with zero attached hydrogens (tertiary/aromatic N) is 1. The minimum absolute atomic E-state index is 0.340. The first-order valence-electron chi connectivity index (χ1n) is 6.90. The van der Waals surface area contributed by atoms with Crippen LogP contribution >= 0.6 is 0 Å². The molecule has 3 amide bonds. The molecule has 0 aromatic heterocycles. The third-order valence-corrected chi connectivity index (χ3v) is 3.21. The monoisotopic (exact) mass is 297 g/mol. The molecular weight excluding hydrogens is 282 g/mol. The van der Waals surface area contributed by atoms with E-state index in [4.69, 9.17) is 4.74 Å². The van der Waals surface area contributed by atoms with Gasteiger partial charge in [-0.15, -0.1) is 0 Å². The summed E-state index contributed by atoms with van der Waals surface area (Å²) in [5, 5.41) is 5.47. The van der Waals surface area contributed by atoms with Crippen molar-refractivity contribution < 1.29 is 14.3 Å². The molecule has 2 aromatic rings. The van der Waals surface area contributed by atoms with Gasteiger partial charge in [0.25, 0.3) is 0 Å². The predicted octanol–water partition coefficient (Wildman–Crippen LogP) is 3.29. The number of ether oxygens (including phenoxy) is 1. The van der Waals surface area contributed by atoms with Crippen molar-refractivity contribution in [2.75, 3.05) is 28.7 Å². The summed E-state index contributed by atoms with van der Waals surface area (Å²) < 4.78 is 4.91. The zero-order valence-electron chi connectivity index (χ0n) is 11.8. The summed E-state index contributed by atoms with van der Waals surface area (Å²) in [5.41, 5.74) is 2.00. The van der Waals surface area contributed by atoms with Gasteiger partial charge in [0.05, 0.1) is 6.54 Å². The zero-order chi connectivity index (χ0) is 15.4. The van der Waals surface area contributed by atoms with Crippen LogP contribution in [0.1, 0.15) is 0 Å². The van der Waals surface area contributed by atoms with Gasteiger partial charge in [-0.3, -0.25) is 4.90 Å². The molecule has 0 bridgehead atoms. The first kappa shape index (κ1) is 13.9. The van der Waals surface area contributed by atoms with Crippen LogP contribution < -0.4 is 15.5 Å². The first-order valence-corrected chi connectivity index (χ1v) is 6.90. The van der Waals surface area contributed by atoms with E-state index in [9.17, 15) is 9.59 Å². The van der Waals surface area contributed by atoms with E-state index in [1.54, 1.807) is 36.4 Å². The van der Waals surface area contributed by atoms with Gasteiger partial charge in [0.2, 0.25) is 0 Å². The number of anilines is 3. The highest BCUT2D eigenvalue weighted by Crippen LogP contribution is 2.22. The van der Waals surface area contributed by atoms with E-state index in [1.165, 1.54) is 4.90 Å². The number of para-hydroxylation sites is 1. The smallest absolute Gasteiger partial charge is 0.414 e. The highest BCUT2D eigenvalue weighted by Gasteiger charge is 2.23. The van der Waals surface area contributed by atoms with Crippen molar-refractivity contribution in [2.45, 2.75) is 0 Å². The number of benzene rings is 2. The van der Waals surface area contributed by atoms with E-state index in [-0.39, 0.29) is 12.1 Å². The van der Waals surface area contributed by atoms with Crippen molar-refractivity contribution >= 4 is 29.2 Å². The third kappa shape index (κ3) is 3.17. The molecule has 1 heterocycles. The van der Waals surface area contributed by atoms with Crippen LogP contribution in [0.15, 0.2) is 54.6 Å². The van der Waals surface area contributed by atoms with Crippen LogP contribution in [0.25, 0.3) is 0 Å². The zero-order valence-corrected chi connectivity index (χ0v) is 11.8. The fourth-order valence-corrected chi connectivity index (χ4v) is 2.19. The molecule has 6 nitrogen and oxygen atoms in total. The molecular formula is C16H15N3O3. The predicted molar refractivity (Wildman–Crippen MR) is 84.2 cm³/mol. The second-order valence-electron chi connectivity index (χ2n) is 4.76. The average Bonchev–Trinajstić information content (AvgIpc) is 2.94. The summed E-state index contributed by atoms with van der Waals surface area (Å²) in [6.07, 6.45) is -0.370. The average molecular weight is 297 g/mol. The highest BCUT2D eigenvalue weighted by atomic mass is 16.6. The summed E-state index contributed by atoms with van der Waals surface area (Å²) >= 11 is 0. The molecule has 6 heteroatoms. The van der Waals surface area contributed by atoms with Crippen molar-refractivity contribution in [2.24, 2.45) is 0 Å². The summed E-state index contributed by atoms with van der Waals surface area (Å²) in [6, 6.07) is 15.9. The SMILES string of the molecule is O=C(Nc1ccccc1)Nc1cccc(N2CCOC2=O)c1. The molecule has 0 saturated carbocycles. The minimum atomic E-state index is -0.370. The number of urea groups is 1. The van der Waals surface area contributed by atoms with Gasteiger partial charge in [-0.25, -0.2) is 9.59 Å². The molecule has 0 aliphatic carbocycles. The number of nitrogens with one attached hydrogen (secondary N) is 2. The van der Waals surface area contributed by atoms with Crippen LogP contribution in [0.4, 0.5) is 26.7 Å². The lowest BCUT2D eigenvalue weighted by molar-refractivity contribution is 0.181. The van der Waals surface area contributed by atoms with Gasteiger partial charge in [0, 0.05) is 17.1 Å². The van der Waals surface area contributed by atoms with Crippen LogP contribution in [-0.4, -0.2) is 25.3 Å². The van der Waals surface area contributed by atoms with Gasteiger partial charge in [-0.05, 0) is 30.3 Å². The molecule has 0 radical (unpaired) electrons. The number of carbonyl (C=O) groups excluding carboxylic acids is 2. The Hall–Kier alpha value is -3.02. The number of carbonyl (C=O) groups is 2. The molecule has 2 N–H and O–H groups in total. The van der Waals surface area contributed by atoms with Crippen molar-refractivity contribution in [1.29, 1.82) is 0 Å². The number of rotatable bonds is 3. The standard InChI is InChI=1S/C16H15N3O3/c20-15(17-12-5-2-1-3-6-12)18-13-7-4-8-14(11-13)19-9-10-22-16(19)21/h1-8,11H,9-10H2,(H2,17,18,20). The summed E-state index contributed by atoms with van der Waals surface area (Å²) in [5.74, 6) is 0. The molecule has 0 atom stereocenters. The van der Waals surface area contributed by atoms with Crippen molar-refractivity contribution in [3.63, 3.8) is 0 Å². The van der Waals surface area contributed by atoms with Gasteiger partial charge in [0.15, 0.2) is 0 Å². The van der Waals surface area contributed by atoms with E-state index < -0.39 is 0 Å². The van der Waals surface area contributed by atoms with Crippen LogP contribution in [-0.2, 0) is 4.74 Å². The maximum atomic E-state index is 12.0. The van der Waals surface area contributed by atoms with Gasteiger partial charge >= 0.3 is 12.1 Å². The largest absolute Gasteiger partial charge is 0.447 e. The Morgan fingerprint density at radius 2 is 1.73 bits per heavy atom. The van der Waals surface area contributed by atoms with Crippen molar-refractivity contribution in [1.82, 2.24) is 0 Å². The fraction of sp³-hybridized carbons (Fsp3) is 0.125. The van der Waals surface area contributed by atoms with Gasteiger partial charge in [-0.1, -0.05) is 24.3 Å². The highest BCUT2D eigenvalue weighted by molar-refractivity contribution is 6.00. The molecule has 1 fully saturated rings. The molecule has 1 aliphatic rings. The van der Waals surface area contributed by atoms with Gasteiger partial charge < -0.3 is 15.4 Å². The van der Waals surface area contributed by atoms with Crippen LogP contribution in [0.5, 0.6) is 0 Å². The lowest BCUT2D eigenvalue weighted by atomic mass is 10.2. The number of hydrogen-bond acceptors (Lipinski definition) is 3. The van der Waals surface area contributed by atoms with E-state index in [0.29, 0.717) is 30.2 Å². The van der Waals surface area contributed by atoms with Crippen molar-refractivity contribution in [3.8, 4) is 0 Å². The number of hydrogen-bond donors (Lipinski definition) is 2. The molecule has 1 aliphatic heterocycles. The maximum absolute atomic E-state index is 12.0. The Morgan fingerprint density at radius 3 is 2.45 bits per heavy atom. The lowest BCUT2D eigenvalue weighted by Gasteiger charge is -2.14. The summed E-state index contributed by atoms with van der Waals surface area (Å²) in [6.45, 7) is 0.892. The Labute approximate surface area is 127 Å². The molecule has 22 heavy (non-hydrogen) atoms. The van der Waals surface area contributed by atoms with Crippen LogP contribution in [0.3, 0.4) is 0 Å². The summed E-state index contributed by atoms with van der Waals surface area (Å²) in [7, 11) is 0. The third-order valence-electron chi connectivity index (χ3n) is 3.21. The molecule has 2 aromatic carbocycles. The van der Waals surface area contributed by atoms with Gasteiger partial charge in [0.1, 0.15) is 6.61 Å². The Kier molecular flexibility index (Phi) is 3.91. The lowest BCUT2D eigenvalue weighted by Crippen LogP contribution is -2.24. The van der Waals surface area contributed by atoms with Gasteiger partial charge in [-0.2, -0.15) is 0 Å². The molecule has 112 valence electrons. The Balaban J connectivity index is 1.67. The molecule has 3 rings (SSSR count). The Morgan fingerprint density at radius 1 is 1.00 bits per heavy atom. The topological polar surface area (TPSA) is 70.7 Å². The van der Waals surface area contributed by atoms with Crippen LogP contribution in [0, 0.1) is 0 Å². The number of cyclic esters (lactones) is 1. The maximum Gasteiger partial charge on any atom is 0.414 e. The van der Waals surface area contributed by atoms with E-state index >= 15 is 0 Å². The molecule has 1 saturated heterocycles. The molecule has 0 spiro atoms. The second kappa shape index (κ2) is 6.17. The normalized spacial score (nSPS) is 13.6. The Bertz CT molecular complexity index is 688. The first-order chi connectivity index (χ1) is 10.7. The molecule has 0 unspecified atom stereocenters.